The smallest absolute Gasteiger partial charge is 0.143 e. The minimum Gasteiger partial charge on any atom is -0.389 e. The molecule has 2 bridgehead atoms. The first-order chi connectivity index (χ1) is 7.44. The van der Waals surface area contributed by atoms with Crippen LogP contribution >= 0.6 is 0 Å². The van der Waals surface area contributed by atoms with Crippen molar-refractivity contribution in [3.05, 3.63) is 0 Å². The molecule has 5 unspecified atom stereocenters. The Hall–Kier alpha value is -0.0900. The molecule has 0 saturated heterocycles. The predicted octanol–water partition coefficient (Wildman–Crippen LogP) is 1.81. The molecule has 0 amide bonds. The number of aliphatic hydroxyl groups is 1. The standard InChI is InChI=1S/C13H24O3S/c1-8-11(4)7-9(17(15)16)12(8,5)13(6,14)10(11,2)3/h8-9,14,17H,7H2,1-6H3. The monoisotopic (exact) mass is 260 g/mol. The topological polar surface area (TPSA) is 54.4 Å². The van der Waals surface area contributed by atoms with Gasteiger partial charge in [0.1, 0.15) is 10.7 Å². The minimum absolute atomic E-state index is 0.120. The summed E-state index contributed by atoms with van der Waals surface area (Å²) in [6, 6.07) is 0. The molecular weight excluding hydrogens is 236 g/mol. The van der Waals surface area contributed by atoms with Crippen LogP contribution in [0.1, 0.15) is 48.0 Å². The summed E-state index contributed by atoms with van der Waals surface area (Å²) in [5.74, 6) is 0.206. The van der Waals surface area contributed by atoms with Gasteiger partial charge in [0.25, 0.3) is 0 Å². The largest absolute Gasteiger partial charge is 0.389 e. The molecule has 2 aliphatic carbocycles. The summed E-state index contributed by atoms with van der Waals surface area (Å²) in [5, 5.41) is 10.6. The van der Waals surface area contributed by atoms with Crippen molar-refractivity contribution in [2.45, 2.75) is 58.8 Å². The number of hydrogen-bond donors (Lipinski definition) is 2. The fraction of sp³-hybridized carbons (Fsp3) is 1.00. The van der Waals surface area contributed by atoms with Gasteiger partial charge in [-0.3, -0.25) is 0 Å². The van der Waals surface area contributed by atoms with Crippen LogP contribution in [0.4, 0.5) is 0 Å². The van der Waals surface area contributed by atoms with Gasteiger partial charge >= 0.3 is 0 Å². The second-order valence-corrected chi connectivity index (χ2v) is 8.32. The van der Waals surface area contributed by atoms with E-state index < -0.39 is 27.0 Å². The van der Waals surface area contributed by atoms with E-state index in [0.717, 1.165) is 0 Å². The van der Waals surface area contributed by atoms with Gasteiger partial charge in [0.2, 0.25) is 0 Å². The minimum atomic E-state index is -2.48. The van der Waals surface area contributed by atoms with E-state index in [1.807, 2.05) is 13.8 Å². The predicted molar refractivity (Wildman–Crippen MR) is 68.5 cm³/mol. The quantitative estimate of drug-likeness (QED) is 0.707. The molecule has 4 heteroatoms. The summed E-state index contributed by atoms with van der Waals surface area (Å²) in [6.07, 6.45) is 0.673. The molecule has 0 aromatic rings. The fourth-order valence-electron chi connectivity index (χ4n) is 4.81. The highest BCUT2D eigenvalue weighted by Gasteiger charge is 2.79. The van der Waals surface area contributed by atoms with Crippen LogP contribution < -0.4 is 0 Å². The van der Waals surface area contributed by atoms with Crippen molar-refractivity contribution in [1.29, 1.82) is 0 Å². The molecule has 3 nitrogen and oxygen atoms in total. The average Bonchev–Trinajstić information content (AvgIpc) is 2.44. The molecule has 0 aromatic heterocycles. The lowest BCUT2D eigenvalue weighted by Gasteiger charge is -2.53. The van der Waals surface area contributed by atoms with Crippen LogP contribution in [0, 0.1) is 22.2 Å². The third kappa shape index (κ3) is 1.06. The van der Waals surface area contributed by atoms with Gasteiger partial charge in [0.15, 0.2) is 0 Å². The van der Waals surface area contributed by atoms with E-state index in [0.29, 0.717) is 6.42 Å². The molecule has 100 valence electrons. The zero-order valence-corrected chi connectivity index (χ0v) is 12.5. The van der Waals surface area contributed by atoms with Crippen molar-refractivity contribution in [2.24, 2.45) is 22.2 Å². The Morgan fingerprint density at radius 1 is 1.12 bits per heavy atom. The molecule has 2 saturated carbocycles. The van der Waals surface area contributed by atoms with Gasteiger partial charge in [-0.1, -0.05) is 34.6 Å². The van der Waals surface area contributed by atoms with Crippen molar-refractivity contribution in [3.63, 3.8) is 0 Å². The molecule has 0 aromatic carbocycles. The lowest BCUT2D eigenvalue weighted by atomic mass is 9.56. The maximum Gasteiger partial charge on any atom is 0.143 e. The van der Waals surface area contributed by atoms with Gasteiger partial charge in [-0.05, 0) is 30.1 Å². The number of hydrogen-bond acceptors (Lipinski definition) is 3. The van der Waals surface area contributed by atoms with Crippen LogP contribution in [-0.4, -0.2) is 24.4 Å². The highest BCUT2D eigenvalue weighted by molar-refractivity contribution is 7.73. The average molecular weight is 260 g/mol. The second-order valence-electron chi connectivity index (χ2n) is 7.12. The zero-order valence-electron chi connectivity index (χ0n) is 11.6. The SMILES string of the molecule is CC1C2(C)CC([SH](=O)=O)C1(C)C(C)(O)C2(C)C. The Labute approximate surface area is 106 Å². The lowest BCUT2D eigenvalue weighted by molar-refractivity contribution is -0.142. The molecule has 0 aliphatic heterocycles. The Balaban J connectivity index is 2.70. The summed E-state index contributed by atoms with van der Waals surface area (Å²) in [5.41, 5.74) is -1.88. The Morgan fingerprint density at radius 3 is 1.88 bits per heavy atom. The van der Waals surface area contributed by atoms with Crippen LogP contribution in [0.15, 0.2) is 0 Å². The van der Waals surface area contributed by atoms with Gasteiger partial charge in [-0.2, -0.15) is 0 Å². The van der Waals surface area contributed by atoms with Crippen molar-refractivity contribution in [2.75, 3.05) is 0 Å². The number of fused-ring (bicyclic) bond motifs is 2. The van der Waals surface area contributed by atoms with Crippen LogP contribution in [0.3, 0.4) is 0 Å². The molecule has 2 fully saturated rings. The summed E-state index contributed by atoms with van der Waals surface area (Å²) < 4.78 is 23.0. The number of rotatable bonds is 1. The Bertz CT molecular complexity index is 423. The third-order valence-corrected chi connectivity index (χ3v) is 8.34. The Kier molecular flexibility index (Phi) is 2.41. The van der Waals surface area contributed by atoms with Gasteiger partial charge in [0, 0.05) is 5.41 Å². The van der Waals surface area contributed by atoms with E-state index in [1.54, 1.807) is 0 Å². The van der Waals surface area contributed by atoms with Crippen LogP contribution in [0.25, 0.3) is 0 Å². The van der Waals surface area contributed by atoms with Crippen LogP contribution in [0.5, 0.6) is 0 Å². The summed E-state index contributed by atoms with van der Waals surface area (Å²) in [7, 11) is -2.48. The van der Waals surface area contributed by atoms with E-state index in [2.05, 4.69) is 27.7 Å². The van der Waals surface area contributed by atoms with E-state index in [1.165, 1.54) is 0 Å². The number of thiol groups is 1. The van der Waals surface area contributed by atoms with E-state index in [4.69, 9.17) is 0 Å². The molecule has 17 heavy (non-hydrogen) atoms. The van der Waals surface area contributed by atoms with Crippen LogP contribution in [0.2, 0.25) is 0 Å². The lowest BCUT2D eigenvalue weighted by Crippen LogP contribution is -2.59. The molecule has 2 rings (SSSR count). The van der Waals surface area contributed by atoms with Crippen molar-refractivity contribution in [1.82, 2.24) is 0 Å². The van der Waals surface area contributed by atoms with E-state index in [9.17, 15) is 13.5 Å². The molecular formula is C13H24O3S. The summed E-state index contributed by atoms with van der Waals surface area (Å²) in [6.45, 7) is 12.1. The molecule has 0 heterocycles. The highest BCUT2D eigenvalue weighted by atomic mass is 32.2. The maximum absolute atomic E-state index is 11.5. The fourth-order valence-corrected chi connectivity index (χ4v) is 6.25. The molecule has 2 aliphatic rings. The van der Waals surface area contributed by atoms with E-state index >= 15 is 0 Å². The van der Waals surface area contributed by atoms with Gasteiger partial charge in [-0.25, -0.2) is 8.42 Å². The summed E-state index contributed by atoms with van der Waals surface area (Å²) in [4.78, 5) is 0. The Morgan fingerprint density at radius 2 is 1.59 bits per heavy atom. The second kappa shape index (κ2) is 3.08. The van der Waals surface area contributed by atoms with Crippen molar-refractivity contribution >= 4 is 10.7 Å². The molecule has 0 spiro atoms. The maximum atomic E-state index is 11.5. The first-order valence-corrected chi connectivity index (χ1v) is 7.55. The van der Waals surface area contributed by atoms with Crippen molar-refractivity contribution in [3.8, 4) is 0 Å². The van der Waals surface area contributed by atoms with Crippen LogP contribution in [-0.2, 0) is 10.7 Å². The van der Waals surface area contributed by atoms with Gasteiger partial charge in [-0.15, -0.1) is 0 Å². The van der Waals surface area contributed by atoms with Crippen molar-refractivity contribution < 1.29 is 13.5 Å². The first-order valence-electron chi connectivity index (χ1n) is 6.30. The zero-order chi connectivity index (χ0) is 13.4. The molecule has 5 atom stereocenters. The highest BCUT2D eigenvalue weighted by Crippen LogP contribution is 2.76. The molecule has 0 radical (unpaired) electrons. The third-order valence-electron chi connectivity index (χ3n) is 7.11. The van der Waals surface area contributed by atoms with Gasteiger partial charge in [0.05, 0.1) is 10.9 Å². The molecule has 1 N–H and O–H groups in total. The first kappa shape index (κ1) is 13.3. The normalized spacial score (nSPS) is 56.7. The summed E-state index contributed by atoms with van der Waals surface area (Å²) >= 11 is 0. The van der Waals surface area contributed by atoms with Gasteiger partial charge < -0.3 is 5.11 Å². The van der Waals surface area contributed by atoms with E-state index in [-0.39, 0.29) is 16.7 Å².